The van der Waals surface area contributed by atoms with E-state index in [0.29, 0.717) is 17.6 Å². The lowest BCUT2D eigenvalue weighted by Gasteiger charge is -2.14. The Balaban J connectivity index is 0.00000219. The maximum Gasteiger partial charge on any atom is 0.238 e. The first-order chi connectivity index (χ1) is 31.2. The van der Waals surface area contributed by atoms with E-state index < -0.39 is 0 Å². The summed E-state index contributed by atoms with van der Waals surface area (Å²) < 4.78 is 4.84. The highest BCUT2D eigenvalue weighted by Gasteiger charge is 2.23. The van der Waals surface area contributed by atoms with Gasteiger partial charge in [0.05, 0.1) is 11.0 Å². The van der Waals surface area contributed by atoms with Gasteiger partial charge in [0, 0.05) is 47.6 Å². The molecule has 0 radical (unpaired) electrons. The zero-order valence-corrected chi connectivity index (χ0v) is 35.9. The van der Waals surface area contributed by atoms with Crippen molar-refractivity contribution in [3.05, 3.63) is 218 Å². The molecule has 0 saturated carbocycles. The van der Waals surface area contributed by atoms with Crippen LogP contribution in [0.2, 0.25) is 0 Å². The van der Waals surface area contributed by atoms with Crippen LogP contribution >= 0.6 is 11.3 Å². The minimum atomic E-state index is 0.576. The quantitative estimate of drug-likeness (QED) is 0.168. The molecular formula is C58H42N4S. The molecule has 3 heterocycles. The molecule has 0 bridgehead atoms. The molecule has 11 aromatic rings. The van der Waals surface area contributed by atoms with E-state index in [2.05, 4.69) is 205 Å². The van der Waals surface area contributed by atoms with Crippen LogP contribution in [0.25, 0.3) is 103 Å². The molecular weight excluding hydrogens is 785 g/mol. The molecule has 0 amide bonds. The molecule has 0 saturated heterocycles. The standard InChI is InChI=1S/C56H36N4S.C2H6/c1-3-14-36(15-4-1)38-20-11-21-40(31-28-38)54-57-55(41-32-29-39(30-33-41)37-16-5-2-6-17-37)59-56(58-54)60-49-35-43-19-8-7-18-42(43)34-48(49)46-25-12-24-45(53(46)60)44-23-13-27-51-52(44)47-22-9-10-26-50(47)61-51;1-2/h1-10,12-35H,11H2;1-2H3. The van der Waals surface area contributed by atoms with E-state index >= 15 is 0 Å². The largest absolute Gasteiger partial charge is 0.277 e. The van der Waals surface area contributed by atoms with E-state index in [1.807, 2.05) is 31.3 Å². The molecule has 0 spiro atoms. The molecule has 8 aromatic carbocycles. The molecule has 0 unspecified atom stereocenters. The number of benzene rings is 8. The average Bonchev–Trinajstić information content (AvgIpc) is 3.78. The summed E-state index contributed by atoms with van der Waals surface area (Å²) in [5.74, 6) is 1.82. The number of thiophene rings is 1. The van der Waals surface area contributed by atoms with Crippen molar-refractivity contribution in [1.82, 2.24) is 19.5 Å². The molecule has 63 heavy (non-hydrogen) atoms. The van der Waals surface area contributed by atoms with Crippen molar-refractivity contribution in [2.75, 3.05) is 0 Å². The minimum absolute atomic E-state index is 0.576. The van der Waals surface area contributed by atoms with Gasteiger partial charge in [-0.05, 0) is 69.3 Å². The van der Waals surface area contributed by atoms with Crippen molar-refractivity contribution < 1.29 is 0 Å². The van der Waals surface area contributed by atoms with Crippen molar-refractivity contribution in [2.45, 2.75) is 20.3 Å². The number of hydrogen-bond acceptors (Lipinski definition) is 4. The maximum absolute atomic E-state index is 5.45. The molecule has 3 aromatic heterocycles. The third-order valence-electron chi connectivity index (χ3n) is 11.9. The highest BCUT2D eigenvalue weighted by Crippen LogP contribution is 2.45. The predicted molar refractivity (Wildman–Crippen MR) is 268 cm³/mol. The van der Waals surface area contributed by atoms with E-state index in [1.54, 1.807) is 0 Å². The molecule has 0 aliphatic heterocycles. The highest BCUT2D eigenvalue weighted by molar-refractivity contribution is 7.25. The van der Waals surface area contributed by atoms with Crippen LogP contribution in [0.4, 0.5) is 0 Å². The Kier molecular flexibility index (Phi) is 9.87. The Morgan fingerprint density at radius 3 is 1.84 bits per heavy atom. The van der Waals surface area contributed by atoms with Gasteiger partial charge in [0.2, 0.25) is 5.95 Å². The van der Waals surface area contributed by atoms with Crippen LogP contribution in [0.5, 0.6) is 0 Å². The summed E-state index contributed by atoms with van der Waals surface area (Å²) in [5.41, 5.74) is 11.0. The van der Waals surface area contributed by atoms with Gasteiger partial charge in [-0.2, -0.15) is 9.97 Å². The lowest BCUT2D eigenvalue weighted by Crippen LogP contribution is -2.08. The summed E-state index contributed by atoms with van der Waals surface area (Å²) in [6, 6.07) is 65.0. The Bertz CT molecular complexity index is 3590. The third-order valence-corrected chi connectivity index (χ3v) is 13.0. The van der Waals surface area contributed by atoms with Gasteiger partial charge >= 0.3 is 0 Å². The summed E-state index contributed by atoms with van der Waals surface area (Å²) in [7, 11) is 0. The summed E-state index contributed by atoms with van der Waals surface area (Å²) in [4.78, 5) is 16.1. The zero-order chi connectivity index (χ0) is 42.3. The Morgan fingerprint density at radius 1 is 0.444 bits per heavy atom. The van der Waals surface area contributed by atoms with Gasteiger partial charge in [-0.3, -0.25) is 4.57 Å². The second-order valence-electron chi connectivity index (χ2n) is 15.5. The van der Waals surface area contributed by atoms with Crippen molar-refractivity contribution >= 4 is 75.2 Å². The van der Waals surface area contributed by atoms with Crippen LogP contribution in [-0.2, 0) is 0 Å². The lowest BCUT2D eigenvalue weighted by atomic mass is 9.97. The van der Waals surface area contributed by atoms with Crippen LogP contribution in [0.1, 0.15) is 31.7 Å². The van der Waals surface area contributed by atoms with Gasteiger partial charge in [0.25, 0.3) is 0 Å². The van der Waals surface area contributed by atoms with E-state index in [-0.39, 0.29) is 0 Å². The smallest absolute Gasteiger partial charge is 0.238 e. The van der Waals surface area contributed by atoms with Crippen LogP contribution in [0.3, 0.4) is 0 Å². The van der Waals surface area contributed by atoms with Gasteiger partial charge in [0.1, 0.15) is 0 Å². The number of nitrogens with zero attached hydrogens (tertiary/aromatic N) is 4. The Labute approximate surface area is 370 Å². The first kappa shape index (κ1) is 38.2. The molecule has 0 fully saturated rings. The number of para-hydroxylation sites is 1. The topological polar surface area (TPSA) is 43.6 Å². The van der Waals surface area contributed by atoms with Gasteiger partial charge in [-0.15, -0.1) is 11.3 Å². The number of rotatable bonds is 6. The average molecular weight is 827 g/mol. The summed E-state index contributed by atoms with van der Waals surface area (Å²) >= 11 is 1.84. The molecule has 12 rings (SSSR count). The van der Waals surface area contributed by atoms with E-state index in [9.17, 15) is 0 Å². The van der Waals surface area contributed by atoms with E-state index in [1.165, 1.54) is 47.8 Å². The fourth-order valence-corrected chi connectivity index (χ4v) is 10.1. The second kappa shape index (κ2) is 16.3. The van der Waals surface area contributed by atoms with E-state index in [0.717, 1.165) is 55.9 Å². The zero-order valence-electron chi connectivity index (χ0n) is 35.0. The SMILES string of the molecule is C1=CC(c2nc(-c3ccc(-c4ccccc4)cc3)nc(-n3c4cc5ccccc5cc4c4cccc(-c5cccc6sc7ccccc7c56)c43)n2)=CCC=C1c1ccccc1.CC. The van der Waals surface area contributed by atoms with Crippen LogP contribution in [0, 0.1) is 0 Å². The minimum Gasteiger partial charge on any atom is -0.277 e. The Hall–Kier alpha value is -7.73. The number of hydrogen-bond donors (Lipinski definition) is 0. The molecule has 1 aliphatic rings. The first-order valence-electron chi connectivity index (χ1n) is 21.7. The van der Waals surface area contributed by atoms with Crippen molar-refractivity contribution in [3.63, 3.8) is 0 Å². The summed E-state index contributed by atoms with van der Waals surface area (Å²) in [6.45, 7) is 4.00. The van der Waals surface area contributed by atoms with Gasteiger partial charge in [-0.25, -0.2) is 4.98 Å². The van der Waals surface area contributed by atoms with Crippen LogP contribution in [0.15, 0.2) is 206 Å². The van der Waals surface area contributed by atoms with Crippen molar-refractivity contribution in [1.29, 1.82) is 0 Å². The normalized spacial score (nSPS) is 12.7. The third kappa shape index (κ3) is 6.84. The lowest BCUT2D eigenvalue weighted by molar-refractivity contribution is 0.932. The predicted octanol–water partition coefficient (Wildman–Crippen LogP) is 15.9. The van der Waals surface area contributed by atoms with Gasteiger partial charge in [0.15, 0.2) is 11.6 Å². The fraction of sp³-hybridized carbons (Fsp3) is 0.0517. The molecule has 0 N–H and O–H groups in total. The maximum atomic E-state index is 5.45. The van der Waals surface area contributed by atoms with Crippen LogP contribution in [-0.4, -0.2) is 19.5 Å². The fourth-order valence-electron chi connectivity index (χ4n) is 8.98. The first-order valence-corrected chi connectivity index (χ1v) is 22.5. The molecule has 5 heteroatoms. The summed E-state index contributed by atoms with van der Waals surface area (Å²) in [5, 5.41) is 7.18. The number of allylic oxidation sites excluding steroid dienone is 6. The molecule has 0 atom stereocenters. The highest BCUT2D eigenvalue weighted by atomic mass is 32.1. The van der Waals surface area contributed by atoms with Crippen molar-refractivity contribution in [3.8, 4) is 39.6 Å². The number of fused-ring (bicyclic) bond motifs is 7. The van der Waals surface area contributed by atoms with Gasteiger partial charge in [-0.1, -0.05) is 196 Å². The molecule has 300 valence electrons. The monoisotopic (exact) mass is 826 g/mol. The molecule has 1 aliphatic carbocycles. The summed E-state index contributed by atoms with van der Waals surface area (Å²) in [6.07, 6.45) is 9.58. The van der Waals surface area contributed by atoms with Crippen LogP contribution < -0.4 is 0 Å². The van der Waals surface area contributed by atoms with E-state index in [4.69, 9.17) is 15.0 Å². The molecule has 4 nitrogen and oxygen atoms in total. The van der Waals surface area contributed by atoms with Gasteiger partial charge < -0.3 is 0 Å². The second-order valence-corrected chi connectivity index (χ2v) is 16.6. The Morgan fingerprint density at radius 2 is 1.03 bits per heavy atom. The van der Waals surface area contributed by atoms with Crippen molar-refractivity contribution in [2.24, 2.45) is 0 Å². The number of aromatic nitrogens is 4.